The van der Waals surface area contributed by atoms with Crippen LogP contribution in [0.5, 0.6) is 0 Å². The minimum atomic E-state index is -2.77. The van der Waals surface area contributed by atoms with Gasteiger partial charge in [0, 0.05) is 29.5 Å². The van der Waals surface area contributed by atoms with Crippen molar-refractivity contribution in [1.82, 2.24) is 10.3 Å². The molecule has 0 atom stereocenters. The topological polar surface area (TPSA) is 59.1 Å². The third kappa shape index (κ3) is 4.04. The summed E-state index contributed by atoms with van der Waals surface area (Å²) in [5.74, 6) is 0.614. The van der Waals surface area contributed by atoms with Gasteiger partial charge in [-0.15, -0.1) is 0 Å². The monoisotopic (exact) mass is 318 g/mol. The highest BCUT2D eigenvalue weighted by Gasteiger charge is 2.22. The van der Waals surface area contributed by atoms with Gasteiger partial charge < -0.3 is 5.32 Å². The van der Waals surface area contributed by atoms with Crippen LogP contribution in [-0.4, -0.2) is 30.9 Å². The predicted molar refractivity (Wildman–Crippen MR) is 70.5 cm³/mol. The molecular formula is C11H15BrN2O2S. The van der Waals surface area contributed by atoms with Crippen LogP contribution in [0.15, 0.2) is 22.9 Å². The van der Waals surface area contributed by atoms with Crippen LogP contribution >= 0.6 is 15.9 Å². The van der Waals surface area contributed by atoms with E-state index in [0.29, 0.717) is 30.4 Å². The lowest BCUT2D eigenvalue weighted by Gasteiger charge is -2.23. The van der Waals surface area contributed by atoms with E-state index < -0.39 is 9.84 Å². The number of nitrogens with one attached hydrogen (secondary N) is 1. The second-order valence-corrected chi connectivity index (χ2v) is 7.54. The van der Waals surface area contributed by atoms with E-state index in [9.17, 15) is 8.42 Å². The molecule has 0 radical (unpaired) electrons. The molecule has 2 rings (SSSR count). The highest BCUT2D eigenvalue weighted by Crippen LogP contribution is 2.14. The summed E-state index contributed by atoms with van der Waals surface area (Å²) >= 11 is 3.37. The Labute approximate surface area is 110 Å². The van der Waals surface area contributed by atoms with Crippen molar-refractivity contribution in [3.05, 3.63) is 28.5 Å². The molecule has 1 aliphatic heterocycles. The second kappa shape index (κ2) is 5.46. The standard InChI is InChI=1S/C11H15BrN2O2S/c12-10-5-9(6-13-8-10)7-14-11-1-3-17(15,16)4-2-11/h5-6,8,11,14H,1-4,7H2. The summed E-state index contributed by atoms with van der Waals surface area (Å²) in [6.07, 6.45) is 4.99. The van der Waals surface area contributed by atoms with Crippen LogP contribution < -0.4 is 5.32 Å². The summed E-state index contributed by atoms with van der Waals surface area (Å²) in [6.45, 7) is 0.733. The molecule has 0 bridgehead atoms. The summed E-state index contributed by atoms with van der Waals surface area (Å²) in [7, 11) is -2.77. The number of nitrogens with zero attached hydrogens (tertiary/aromatic N) is 1. The SMILES string of the molecule is O=S1(=O)CCC(NCc2cncc(Br)c2)CC1. The number of aromatic nitrogens is 1. The van der Waals surface area contributed by atoms with Crippen molar-refractivity contribution in [3.63, 3.8) is 0 Å². The van der Waals surface area contributed by atoms with E-state index in [1.54, 1.807) is 6.20 Å². The van der Waals surface area contributed by atoms with Gasteiger partial charge in [0.25, 0.3) is 0 Å². The molecule has 0 aliphatic carbocycles. The molecule has 0 spiro atoms. The van der Waals surface area contributed by atoms with Gasteiger partial charge in [-0.05, 0) is 40.4 Å². The first kappa shape index (κ1) is 13.0. The third-order valence-electron chi connectivity index (χ3n) is 2.91. The van der Waals surface area contributed by atoms with E-state index in [-0.39, 0.29) is 0 Å². The molecule has 1 saturated heterocycles. The fourth-order valence-corrected chi connectivity index (χ4v) is 3.81. The van der Waals surface area contributed by atoms with Crippen LogP contribution in [0, 0.1) is 0 Å². The first-order valence-corrected chi connectivity index (χ1v) is 8.20. The van der Waals surface area contributed by atoms with Crippen LogP contribution in [0.4, 0.5) is 0 Å². The number of hydrogen-bond acceptors (Lipinski definition) is 4. The minimum absolute atomic E-state index is 0.303. The maximum absolute atomic E-state index is 11.3. The molecule has 2 heterocycles. The molecule has 1 N–H and O–H groups in total. The molecule has 1 aromatic heterocycles. The molecule has 94 valence electrons. The summed E-state index contributed by atoms with van der Waals surface area (Å²) < 4.78 is 23.5. The fraction of sp³-hybridized carbons (Fsp3) is 0.545. The number of pyridine rings is 1. The van der Waals surface area contributed by atoms with Crippen molar-refractivity contribution in [3.8, 4) is 0 Å². The Kier molecular flexibility index (Phi) is 4.17. The summed E-state index contributed by atoms with van der Waals surface area (Å²) in [4.78, 5) is 4.09. The van der Waals surface area contributed by atoms with Crippen LogP contribution in [0.25, 0.3) is 0 Å². The van der Waals surface area contributed by atoms with Gasteiger partial charge in [-0.2, -0.15) is 0 Å². The minimum Gasteiger partial charge on any atom is -0.310 e. The predicted octanol–water partition coefficient (Wildman–Crippen LogP) is 1.51. The van der Waals surface area contributed by atoms with Crippen molar-refractivity contribution >= 4 is 25.8 Å². The third-order valence-corrected chi connectivity index (χ3v) is 5.06. The lowest BCUT2D eigenvalue weighted by molar-refractivity contribution is 0.462. The Morgan fingerprint density at radius 1 is 1.35 bits per heavy atom. The van der Waals surface area contributed by atoms with Crippen LogP contribution in [0.1, 0.15) is 18.4 Å². The number of halogens is 1. The average Bonchev–Trinajstić information content (AvgIpc) is 2.28. The molecular weight excluding hydrogens is 304 g/mol. The Bertz CT molecular complexity index is 476. The quantitative estimate of drug-likeness (QED) is 0.917. The van der Waals surface area contributed by atoms with E-state index in [2.05, 4.69) is 26.2 Å². The Morgan fingerprint density at radius 2 is 2.06 bits per heavy atom. The largest absolute Gasteiger partial charge is 0.310 e. The maximum Gasteiger partial charge on any atom is 0.150 e. The highest BCUT2D eigenvalue weighted by molar-refractivity contribution is 9.10. The van der Waals surface area contributed by atoms with Crippen molar-refractivity contribution in [2.24, 2.45) is 0 Å². The Morgan fingerprint density at radius 3 is 2.71 bits per heavy atom. The van der Waals surface area contributed by atoms with Crippen molar-refractivity contribution < 1.29 is 8.42 Å². The summed E-state index contributed by atoms with van der Waals surface area (Å²) in [5.41, 5.74) is 1.10. The first-order valence-electron chi connectivity index (χ1n) is 5.58. The van der Waals surface area contributed by atoms with Gasteiger partial charge in [0.2, 0.25) is 0 Å². The van der Waals surface area contributed by atoms with Crippen LogP contribution in [0.3, 0.4) is 0 Å². The molecule has 0 saturated carbocycles. The second-order valence-electron chi connectivity index (χ2n) is 4.32. The van der Waals surface area contributed by atoms with E-state index in [1.165, 1.54) is 0 Å². The van der Waals surface area contributed by atoms with Gasteiger partial charge in [0.05, 0.1) is 11.5 Å². The number of sulfone groups is 1. The zero-order chi connectivity index (χ0) is 12.3. The Balaban J connectivity index is 1.84. The highest BCUT2D eigenvalue weighted by atomic mass is 79.9. The number of hydrogen-bond donors (Lipinski definition) is 1. The van der Waals surface area contributed by atoms with E-state index in [0.717, 1.165) is 16.6 Å². The summed E-state index contributed by atoms with van der Waals surface area (Å²) in [5, 5.41) is 3.38. The van der Waals surface area contributed by atoms with E-state index in [1.807, 2.05) is 12.3 Å². The zero-order valence-electron chi connectivity index (χ0n) is 9.39. The molecule has 1 aromatic rings. The van der Waals surface area contributed by atoms with Gasteiger partial charge in [-0.1, -0.05) is 0 Å². The zero-order valence-corrected chi connectivity index (χ0v) is 11.8. The molecule has 4 nitrogen and oxygen atoms in total. The molecule has 6 heteroatoms. The smallest absolute Gasteiger partial charge is 0.150 e. The Hall–Kier alpha value is -0.460. The molecule has 1 fully saturated rings. The summed E-state index contributed by atoms with van der Waals surface area (Å²) in [6, 6.07) is 2.32. The maximum atomic E-state index is 11.3. The fourth-order valence-electron chi connectivity index (χ4n) is 1.91. The molecule has 0 unspecified atom stereocenters. The van der Waals surface area contributed by atoms with Crippen molar-refractivity contribution in [1.29, 1.82) is 0 Å². The molecule has 1 aliphatic rings. The molecule has 17 heavy (non-hydrogen) atoms. The molecule has 0 aromatic carbocycles. The van der Waals surface area contributed by atoms with Gasteiger partial charge in [0.1, 0.15) is 9.84 Å². The van der Waals surface area contributed by atoms with Crippen LogP contribution in [0.2, 0.25) is 0 Å². The molecule has 0 amide bonds. The van der Waals surface area contributed by atoms with Crippen molar-refractivity contribution in [2.45, 2.75) is 25.4 Å². The van der Waals surface area contributed by atoms with Crippen molar-refractivity contribution in [2.75, 3.05) is 11.5 Å². The van der Waals surface area contributed by atoms with Gasteiger partial charge >= 0.3 is 0 Å². The van der Waals surface area contributed by atoms with Crippen LogP contribution in [-0.2, 0) is 16.4 Å². The van der Waals surface area contributed by atoms with E-state index >= 15 is 0 Å². The first-order chi connectivity index (χ1) is 8.05. The average molecular weight is 319 g/mol. The van der Waals surface area contributed by atoms with E-state index in [4.69, 9.17) is 0 Å². The van der Waals surface area contributed by atoms with Gasteiger partial charge in [-0.25, -0.2) is 8.42 Å². The van der Waals surface area contributed by atoms with Gasteiger partial charge in [-0.3, -0.25) is 4.98 Å². The lowest BCUT2D eigenvalue weighted by atomic mass is 10.1. The van der Waals surface area contributed by atoms with Gasteiger partial charge in [0.15, 0.2) is 0 Å². The lowest BCUT2D eigenvalue weighted by Crippen LogP contribution is -2.37. The normalized spacial score (nSPS) is 20.3. The number of rotatable bonds is 3.